The lowest BCUT2D eigenvalue weighted by atomic mass is 9.96. The van der Waals surface area contributed by atoms with Gasteiger partial charge < -0.3 is 15.1 Å². The van der Waals surface area contributed by atoms with Crippen LogP contribution in [0.2, 0.25) is 0 Å². The van der Waals surface area contributed by atoms with E-state index >= 15 is 0 Å². The summed E-state index contributed by atoms with van der Waals surface area (Å²) in [5, 5.41) is 12.0. The summed E-state index contributed by atoms with van der Waals surface area (Å²) >= 11 is 0. The molecule has 1 saturated carbocycles. The van der Waals surface area contributed by atoms with Crippen LogP contribution in [0, 0.1) is 13.8 Å². The first kappa shape index (κ1) is 18.0. The van der Waals surface area contributed by atoms with Gasteiger partial charge in [-0.15, -0.1) is 5.10 Å². The molecule has 2 fully saturated rings. The average Bonchev–Trinajstić information content (AvgIpc) is 2.71. The Morgan fingerprint density at radius 2 is 1.70 bits per heavy atom. The lowest BCUT2D eigenvalue weighted by molar-refractivity contribution is 0.461. The van der Waals surface area contributed by atoms with E-state index in [1.165, 1.54) is 48.9 Å². The first-order chi connectivity index (χ1) is 13.2. The molecule has 1 aromatic carbocycles. The highest BCUT2D eigenvalue weighted by Crippen LogP contribution is 2.25. The van der Waals surface area contributed by atoms with Crippen molar-refractivity contribution in [3.8, 4) is 0 Å². The van der Waals surface area contributed by atoms with Gasteiger partial charge in [-0.1, -0.05) is 31.4 Å². The Hall–Kier alpha value is -2.37. The third kappa shape index (κ3) is 4.15. The molecule has 2 aliphatic rings. The van der Waals surface area contributed by atoms with Gasteiger partial charge in [0, 0.05) is 37.9 Å². The molecule has 0 spiro atoms. The second kappa shape index (κ2) is 8.11. The van der Waals surface area contributed by atoms with Crippen molar-refractivity contribution in [2.45, 2.75) is 52.0 Å². The first-order valence-electron chi connectivity index (χ1n) is 10.2. The van der Waals surface area contributed by atoms with Crippen LogP contribution in [0.15, 0.2) is 24.4 Å². The van der Waals surface area contributed by atoms with E-state index < -0.39 is 0 Å². The maximum Gasteiger partial charge on any atom is 0.247 e. The number of nitrogens with one attached hydrogen (secondary N) is 1. The van der Waals surface area contributed by atoms with Gasteiger partial charge in [0.25, 0.3) is 0 Å². The van der Waals surface area contributed by atoms with Crippen LogP contribution in [-0.4, -0.2) is 47.4 Å². The summed E-state index contributed by atoms with van der Waals surface area (Å²) in [6, 6.07) is 7.09. The average molecular weight is 367 g/mol. The van der Waals surface area contributed by atoms with Gasteiger partial charge in [-0.3, -0.25) is 0 Å². The van der Waals surface area contributed by atoms with Crippen LogP contribution in [0.1, 0.15) is 43.2 Å². The normalized spacial score (nSPS) is 18.6. The summed E-state index contributed by atoms with van der Waals surface area (Å²) < 4.78 is 0. The Balaban J connectivity index is 1.39. The molecule has 144 valence electrons. The largest absolute Gasteiger partial charge is 0.368 e. The molecule has 6 heteroatoms. The van der Waals surface area contributed by atoms with E-state index in [-0.39, 0.29) is 0 Å². The Morgan fingerprint density at radius 1 is 0.963 bits per heavy atom. The van der Waals surface area contributed by atoms with Crippen molar-refractivity contribution >= 4 is 17.5 Å². The van der Waals surface area contributed by atoms with Crippen LogP contribution in [-0.2, 0) is 0 Å². The summed E-state index contributed by atoms with van der Waals surface area (Å²) in [6.07, 6.45) is 8.19. The maximum atomic E-state index is 4.74. The highest BCUT2D eigenvalue weighted by Gasteiger charge is 2.21. The molecule has 1 saturated heterocycles. The van der Waals surface area contributed by atoms with E-state index in [1.807, 2.05) is 0 Å². The smallest absolute Gasteiger partial charge is 0.247 e. The van der Waals surface area contributed by atoms with E-state index in [9.17, 15) is 0 Å². The van der Waals surface area contributed by atoms with Crippen molar-refractivity contribution in [3.05, 3.63) is 35.5 Å². The summed E-state index contributed by atoms with van der Waals surface area (Å²) in [6.45, 7) is 8.19. The monoisotopic (exact) mass is 366 g/mol. The van der Waals surface area contributed by atoms with Crippen molar-refractivity contribution < 1.29 is 0 Å². The Bertz CT molecular complexity index is 763. The lowest BCUT2D eigenvalue weighted by Gasteiger charge is -2.37. The maximum absolute atomic E-state index is 4.74. The number of benzene rings is 1. The predicted molar refractivity (Wildman–Crippen MR) is 111 cm³/mol. The zero-order valence-corrected chi connectivity index (χ0v) is 16.5. The van der Waals surface area contributed by atoms with Gasteiger partial charge in [0.1, 0.15) is 0 Å². The van der Waals surface area contributed by atoms with E-state index in [2.05, 4.69) is 57.4 Å². The molecule has 0 atom stereocenters. The van der Waals surface area contributed by atoms with E-state index in [1.54, 1.807) is 6.20 Å². The Labute approximate surface area is 162 Å². The van der Waals surface area contributed by atoms with E-state index in [0.29, 0.717) is 6.04 Å². The summed E-state index contributed by atoms with van der Waals surface area (Å²) in [5.74, 6) is 1.61. The minimum Gasteiger partial charge on any atom is -0.368 e. The highest BCUT2D eigenvalue weighted by molar-refractivity contribution is 5.57. The highest BCUT2D eigenvalue weighted by atomic mass is 15.4. The topological polar surface area (TPSA) is 57.2 Å². The summed E-state index contributed by atoms with van der Waals surface area (Å²) in [7, 11) is 0. The van der Waals surface area contributed by atoms with Crippen LogP contribution in [0.25, 0.3) is 0 Å². The van der Waals surface area contributed by atoms with E-state index in [4.69, 9.17) is 4.98 Å². The van der Waals surface area contributed by atoms with Crippen LogP contribution in [0.3, 0.4) is 0 Å². The summed E-state index contributed by atoms with van der Waals surface area (Å²) in [4.78, 5) is 9.46. The molecular weight excluding hydrogens is 336 g/mol. The fourth-order valence-corrected chi connectivity index (χ4v) is 4.18. The molecule has 2 aromatic rings. The molecule has 1 aromatic heterocycles. The molecule has 2 heterocycles. The molecule has 4 rings (SSSR count). The molecule has 6 nitrogen and oxygen atoms in total. The fourth-order valence-electron chi connectivity index (χ4n) is 4.18. The van der Waals surface area contributed by atoms with Crippen molar-refractivity contribution in [2.75, 3.05) is 41.3 Å². The van der Waals surface area contributed by atoms with Crippen LogP contribution < -0.4 is 15.1 Å². The zero-order valence-electron chi connectivity index (χ0n) is 16.5. The number of aromatic nitrogens is 3. The number of piperazine rings is 1. The molecule has 0 amide bonds. The molecule has 0 unspecified atom stereocenters. The second-order valence-corrected chi connectivity index (χ2v) is 7.81. The quantitative estimate of drug-likeness (QED) is 0.893. The molecule has 1 aliphatic carbocycles. The van der Waals surface area contributed by atoms with E-state index in [0.717, 1.165) is 37.9 Å². The zero-order chi connectivity index (χ0) is 18.6. The van der Waals surface area contributed by atoms with Gasteiger partial charge in [-0.25, -0.2) is 0 Å². The van der Waals surface area contributed by atoms with Crippen LogP contribution in [0.5, 0.6) is 0 Å². The van der Waals surface area contributed by atoms with Crippen molar-refractivity contribution in [3.63, 3.8) is 0 Å². The number of hydrogen-bond donors (Lipinski definition) is 1. The van der Waals surface area contributed by atoms with Gasteiger partial charge in [0.15, 0.2) is 5.82 Å². The SMILES string of the molecule is Cc1cccc(N2CCN(c3nncc(NC4CCCCC4)n3)CC2)c1C. The number of rotatable bonds is 4. The third-order valence-electron chi connectivity index (χ3n) is 5.98. The molecule has 27 heavy (non-hydrogen) atoms. The molecule has 1 N–H and O–H groups in total. The minimum atomic E-state index is 0.532. The molecule has 1 aliphatic heterocycles. The third-order valence-corrected chi connectivity index (χ3v) is 5.98. The molecular formula is C21H30N6. The lowest BCUT2D eigenvalue weighted by Crippen LogP contribution is -2.47. The predicted octanol–water partition coefficient (Wildman–Crippen LogP) is 3.56. The number of anilines is 3. The standard InChI is InChI=1S/C21H30N6/c1-16-7-6-10-19(17(16)2)26-11-13-27(14-12-26)21-24-20(15-22-25-21)23-18-8-4-3-5-9-18/h6-7,10,15,18H,3-5,8-9,11-14H2,1-2H3,(H,23,24,25). The second-order valence-electron chi connectivity index (χ2n) is 7.81. The van der Waals surface area contributed by atoms with Gasteiger partial charge >= 0.3 is 0 Å². The van der Waals surface area contributed by atoms with Crippen molar-refractivity contribution in [2.24, 2.45) is 0 Å². The molecule has 0 radical (unpaired) electrons. The van der Waals surface area contributed by atoms with Gasteiger partial charge in [-0.05, 0) is 43.9 Å². The Morgan fingerprint density at radius 3 is 2.48 bits per heavy atom. The molecule has 0 bridgehead atoms. The Kier molecular flexibility index (Phi) is 5.41. The number of nitrogens with zero attached hydrogens (tertiary/aromatic N) is 5. The van der Waals surface area contributed by atoms with Crippen molar-refractivity contribution in [1.29, 1.82) is 0 Å². The van der Waals surface area contributed by atoms with Gasteiger partial charge in [-0.2, -0.15) is 10.1 Å². The van der Waals surface area contributed by atoms with Gasteiger partial charge in [0.2, 0.25) is 5.95 Å². The number of hydrogen-bond acceptors (Lipinski definition) is 6. The van der Waals surface area contributed by atoms with Crippen molar-refractivity contribution in [1.82, 2.24) is 15.2 Å². The first-order valence-corrected chi connectivity index (χ1v) is 10.2. The van der Waals surface area contributed by atoms with Gasteiger partial charge in [0.05, 0.1) is 6.20 Å². The van der Waals surface area contributed by atoms with Crippen LogP contribution in [0.4, 0.5) is 17.5 Å². The summed E-state index contributed by atoms with van der Waals surface area (Å²) in [5.41, 5.74) is 4.08. The van der Waals surface area contributed by atoms with Crippen LogP contribution >= 0.6 is 0 Å². The number of aryl methyl sites for hydroxylation is 1. The minimum absolute atomic E-state index is 0.532. The fraction of sp³-hybridized carbons (Fsp3) is 0.571.